The van der Waals surface area contributed by atoms with E-state index in [4.69, 9.17) is 14.6 Å². The lowest BCUT2D eigenvalue weighted by molar-refractivity contribution is -0.152. The van der Waals surface area contributed by atoms with E-state index >= 15 is 0 Å². The zero-order valence-corrected chi connectivity index (χ0v) is 11.5. The molecule has 0 aliphatic rings. The molecule has 0 aromatic heterocycles. The van der Waals surface area contributed by atoms with Gasteiger partial charge in [-0.05, 0) is 26.7 Å². The Balaban J connectivity index is 5.05. The number of hydrogen-bond acceptors (Lipinski definition) is 4. The molecule has 0 bridgehead atoms. The fraction of sp³-hybridized carbons (Fsp3) is 0.692. The molecule has 0 aromatic carbocycles. The Morgan fingerprint density at radius 3 is 1.74 bits per heavy atom. The minimum Gasteiger partial charge on any atom is -0.481 e. The molecule has 0 spiro atoms. The SMILES string of the molecule is C=C(C(=O)O)C(CCOCC)(CCOCC)C(=O)O. The Kier molecular flexibility index (Phi) is 8.02. The molecular weight excluding hydrogens is 252 g/mol. The summed E-state index contributed by atoms with van der Waals surface area (Å²) in [6.07, 6.45) is 0.128. The first-order chi connectivity index (χ1) is 8.92. The van der Waals surface area contributed by atoms with Gasteiger partial charge >= 0.3 is 11.9 Å². The highest BCUT2D eigenvalue weighted by Gasteiger charge is 2.43. The van der Waals surface area contributed by atoms with E-state index in [1.807, 2.05) is 0 Å². The summed E-state index contributed by atoms with van der Waals surface area (Å²) in [6, 6.07) is 0. The topological polar surface area (TPSA) is 93.1 Å². The van der Waals surface area contributed by atoms with E-state index in [9.17, 15) is 14.7 Å². The van der Waals surface area contributed by atoms with Gasteiger partial charge in [0, 0.05) is 32.0 Å². The van der Waals surface area contributed by atoms with E-state index in [-0.39, 0.29) is 31.6 Å². The van der Waals surface area contributed by atoms with Crippen LogP contribution < -0.4 is 0 Å². The van der Waals surface area contributed by atoms with Gasteiger partial charge in [0.25, 0.3) is 0 Å². The molecule has 0 fully saturated rings. The average molecular weight is 274 g/mol. The maximum Gasteiger partial charge on any atom is 0.332 e. The van der Waals surface area contributed by atoms with Crippen LogP contribution in [0.2, 0.25) is 0 Å². The molecule has 0 heterocycles. The molecule has 0 atom stereocenters. The van der Waals surface area contributed by atoms with E-state index in [2.05, 4.69) is 6.58 Å². The van der Waals surface area contributed by atoms with Crippen LogP contribution in [0, 0.1) is 5.41 Å². The van der Waals surface area contributed by atoms with Gasteiger partial charge < -0.3 is 19.7 Å². The maximum atomic E-state index is 11.5. The van der Waals surface area contributed by atoms with Gasteiger partial charge in [-0.1, -0.05) is 6.58 Å². The summed E-state index contributed by atoms with van der Waals surface area (Å²) < 4.78 is 10.3. The zero-order valence-electron chi connectivity index (χ0n) is 11.5. The first-order valence-electron chi connectivity index (χ1n) is 6.24. The van der Waals surface area contributed by atoms with Crippen molar-refractivity contribution >= 4 is 11.9 Å². The standard InChI is InChI=1S/C13H22O6/c1-4-18-8-6-13(12(16)17,7-9-19-5-2)10(3)11(14)15/h3-9H2,1-2H3,(H,14,15)(H,16,17). The maximum absolute atomic E-state index is 11.5. The first-order valence-corrected chi connectivity index (χ1v) is 6.24. The van der Waals surface area contributed by atoms with Crippen molar-refractivity contribution in [3.63, 3.8) is 0 Å². The molecule has 0 amide bonds. The van der Waals surface area contributed by atoms with Crippen molar-refractivity contribution in [3.05, 3.63) is 12.2 Å². The molecule has 0 aliphatic carbocycles. The molecule has 0 aromatic rings. The van der Waals surface area contributed by atoms with Crippen molar-refractivity contribution < 1.29 is 29.3 Å². The minimum absolute atomic E-state index is 0.0639. The van der Waals surface area contributed by atoms with E-state index in [1.54, 1.807) is 13.8 Å². The summed E-state index contributed by atoms with van der Waals surface area (Å²) in [5, 5.41) is 18.4. The van der Waals surface area contributed by atoms with Crippen LogP contribution in [0.15, 0.2) is 12.2 Å². The number of carboxylic acid groups (broad SMARTS) is 2. The number of carboxylic acids is 2. The van der Waals surface area contributed by atoms with Crippen molar-refractivity contribution in [3.8, 4) is 0 Å². The molecule has 2 N–H and O–H groups in total. The van der Waals surface area contributed by atoms with Crippen LogP contribution in [0.25, 0.3) is 0 Å². The Bertz CT molecular complexity index is 313. The largest absolute Gasteiger partial charge is 0.481 e. The summed E-state index contributed by atoms with van der Waals surface area (Å²) in [6.45, 7) is 8.21. The molecule has 0 aliphatic heterocycles. The van der Waals surface area contributed by atoms with Gasteiger partial charge in [-0.15, -0.1) is 0 Å². The highest BCUT2D eigenvalue weighted by Crippen LogP contribution is 2.35. The van der Waals surface area contributed by atoms with Gasteiger partial charge in [0.15, 0.2) is 0 Å². The van der Waals surface area contributed by atoms with Crippen LogP contribution in [-0.2, 0) is 19.1 Å². The van der Waals surface area contributed by atoms with Gasteiger partial charge in [0.05, 0.1) is 0 Å². The van der Waals surface area contributed by atoms with E-state index in [0.717, 1.165) is 0 Å². The smallest absolute Gasteiger partial charge is 0.332 e. The van der Waals surface area contributed by atoms with E-state index in [0.29, 0.717) is 13.2 Å². The molecule has 110 valence electrons. The van der Waals surface area contributed by atoms with E-state index < -0.39 is 17.4 Å². The molecule has 0 rings (SSSR count). The Hall–Kier alpha value is -1.40. The lowest BCUT2D eigenvalue weighted by Gasteiger charge is -2.29. The monoisotopic (exact) mass is 274 g/mol. The van der Waals surface area contributed by atoms with Crippen molar-refractivity contribution in [1.82, 2.24) is 0 Å². The number of ether oxygens (including phenoxy) is 2. The van der Waals surface area contributed by atoms with Gasteiger partial charge in [0.1, 0.15) is 5.41 Å². The lowest BCUT2D eigenvalue weighted by atomic mass is 9.75. The van der Waals surface area contributed by atoms with Crippen LogP contribution in [0.5, 0.6) is 0 Å². The number of hydrogen-bond donors (Lipinski definition) is 2. The summed E-state index contributed by atoms with van der Waals surface area (Å²) in [5.74, 6) is -2.52. The van der Waals surface area contributed by atoms with Gasteiger partial charge in [-0.25, -0.2) is 4.79 Å². The van der Waals surface area contributed by atoms with Crippen LogP contribution in [0.4, 0.5) is 0 Å². The van der Waals surface area contributed by atoms with Crippen LogP contribution in [0.3, 0.4) is 0 Å². The second-order valence-electron chi connectivity index (χ2n) is 4.06. The summed E-state index contributed by atoms with van der Waals surface area (Å²) >= 11 is 0. The predicted molar refractivity (Wildman–Crippen MR) is 69.1 cm³/mol. The number of aliphatic carboxylic acids is 2. The fourth-order valence-electron chi connectivity index (χ4n) is 1.76. The lowest BCUT2D eigenvalue weighted by Crippen LogP contribution is -2.38. The second-order valence-corrected chi connectivity index (χ2v) is 4.06. The second kappa shape index (κ2) is 8.66. The third-order valence-electron chi connectivity index (χ3n) is 3.00. The van der Waals surface area contributed by atoms with Crippen LogP contribution in [-0.4, -0.2) is 48.6 Å². The van der Waals surface area contributed by atoms with E-state index in [1.165, 1.54) is 0 Å². The summed E-state index contributed by atoms with van der Waals surface area (Å²) in [7, 11) is 0. The quantitative estimate of drug-likeness (QED) is 0.438. The zero-order chi connectivity index (χ0) is 14.9. The number of rotatable bonds is 11. The van der Waals surface area contributed by atoms with Gasteiger partial charge in [-0.2, -0.15) is 0 Å². The molecule has 6 heteroatoms. The molecule has 0 unspecified atom stereocenters. The van der Waals surface area contributed by atoms with Crippen molar-refractivity contribution in [2.45, 2.75) is 26.7 Å². The molecule has 0 saturated heterocycles. The first kappa shape index (κ1) is 17.6. The summed E-state index contributed by atoms with van der Waals surface area (Å²) in [4.78, 5) is 22.6. The molecule has 0 radical (unpaired) electrons. The van der Waals surface area contributed by atoms with Crippen LogP contribution >= 0.6 is 0 Å². The van der Waals surface area contributed by atoms with Gasteiger partial charge in [0.2, 0.25) is 0 Å². The van der Waals surface area contributed by atoms with Crippen molar-refractivity contribution in [1.29, 1.82) is 0 Å². The molecule has 0 saturated carbocycles. The van der Waals surface area contributed by atoms with Gasteiger partial charge in [-0.3, -0.25) is 4.79 Å². The Morgan fingerprint density at radius 1 is 1.05 bits per heavy atom. The Labute approximate surface area is 113 Å². The molecule has 19 heavy (non-hydrogen) atoms. The molecular formula is C13H22O6. The third kappa shape index (κ3) is 5.00. The third-order valence-corrected chi connectivity index (χ3v) is 3.00. The van der Waals surface area contributed by atoms with Crippen molar-refractivity contribution in [2.75, 3.05) is 26.4 Å². The average Bonchev–Trinajstić information content (AvgIpc) is 2.36. The normalized spacial score (nSPS) is 11.3. The fourth-order valence-corrected chi connectivity index (χ4v) is 1.76. The van der Waals surface area contributed by atoms with Crippen molar-refractivity contribution in [2.24, 2.45) is 5.41 Å². The molecule has 6 nitrogen and oxygen atoms in total. The summed E-state index contributed by atoms with van der Waals surface area (Å²) in [5.41, 5.74) is -1.88. The highest BCUT2D eigenvalue weighted by atomic mass is 16.5. The predicted octanol–water partition coefficient (Wildman–Crippen LogP) is 1.55. The Morgan fingerprint density at radius 2 is 1.47 bits per heavy atom. The highest BCUT2D eigenvalue weighted by molar-refractivity contribution is 5.96. The van der Waals surface area contributed by atoms with Crippen LogP contribution in [0.1, 0.15) is 26.7 Å². The minimum atomic E-state index is -1.55. The number of carbonyl (C=O) groups is 2.